The van der Waals surface area contributed by atoms with Gasteiger partial charge in [-0.05, 0) is 42.7 Å². The van der Waals surface area contributed by atoms with Gasteiger partial charge in [-0.25, -0.2) is 9.18 Å². The summed E-state index contributed by atoms with van der Waals surface area (Å²) in [5.74, 6) is -1.60. The van der Waals surface area contributed by atoms with Crippen molar-refractivity contribution in [1.29, 1.82) is 0 Å². The number of anilines is 2. The van der Waals surface area contributed by atoms with Gasteiger partial charge in [-0.15, -0.1) is 0 Å². The number of aryl methyl sites for hydroxylation is 2. The van der Waals surface area contributed by atoms with Gasteiger partial charge >= 0.3 is 5.97 Å². The van der Waals surface area contributed by atoms with E-state index < -0.39 is 11.8 Å². The summed E-state index contributed by atoms with van der Waals surface area (Å²) in [7, 11) is 0. The molecule has 2 N–H and O–H groups in total. The summed E-state index contributed by atoms with van der Waals surface area (Å²) < 4.78 is 13.9. The van der Waals surface area contributed by atoms with Crippen LogP contribution >= 0.6 is 11.6 Å². The Morgan fingerprint density at radius 1 is 1.33 bits per heavy atom. The third kappa shape index (κ3) is 3.16. The molecule has 0 saturated carbocycles. The van der Waals surface area contributed by atoms with E-state index in [0.29, 0.717) is 5.69 Å². The highest BCUT2D eigenvalue weighted by Crippen LogP contribution is 2.32. The van der Waals surface area contributed by atoms with Crippen LogP contribution in [0.25, 0.3) is 0 Å². The van der Waals surface area contributed by atoms with Crippen LogP contribution in [0.5, 0.6) is 0 Å². The van der Waals surface area contributed by atoms with Crippen LogP contribution < -0.4 is 5.32 Å². The lowest BCUT2D eigenvalue weighted by Crippen LogP contribution is -2.07. The summed E-state index contributed by atoms with van der Waals surface area (Å²) in [6, 6.07) is 7.78. The first-order valence-corrected chi connectivity index (χ1v) is 6.89. The van der Waals surface area contributed by atoms with Gasteiger partial charge in [0.1, 0.15) is 5.82 Å². The smallest absolute Gasteiger partial charge is 0.337 e. The fourth-order valence-electron chi connectivity index (χ4n) is 2.14. The summed E-state index contributed by atoms with van der Waals surface area (Å²) in [6.45, 7) is 3.73. The van der Waals surface area contributed by atoms with Gasteiger partial charge in [0.05, 0.1) is 22.0 Å². The molecule has 0 aliphatic carbocycles. The van der Waals surface area contributed by atoms with Crippen LogP contribution in [0.1, 0.15) is 28.4 Å². The van der Waals surface area contributed by atoms with Crippen molar-refractivity contribution in [2.45, 2.75) is 20.3 Å². The van der Waals surface area contributed by atoms with E-state index in [9.17, 15) is 14.3 Å². The summed E-state index contributed by atoms with van der Waals surface area (Å²) in [5.41, 5.74) is 2.17. The number of hydrogen-bond donors (Lipinski definition) is 2. The zero-order valence-electron chi connectivity index (χ0n) is 11.7. The first kappa shape index (κ1) is 15.3. The minimum absolute atomic E-state index is 0.0778. The monoisotopic (exact) mass is 307 g/mol. The minimum Gasteiger partial charge on any atom is -0.478 e. The number of nitrogens with one attached hydrogen (secondary N) is 1. The van der Waals surface area contributed by atoms with E-state index in [-0.39, 0.29) is 16.3 Å². The van der Waals surface area contributed by atoms with E-state index in [1.807, 2.05) is 13.0 Å². The molecular weight excluding hydrogens is 293 g/mol. The standard InChI is InChI=1S/C16H15ClFNO2/c1-3-10-7-9(2)14(11(8-10)16(20)21)19-15-12(17)5-4-6-13(15)18/h4-8,19H,3H2,1-2H3,(H,20,21). The van der Waals surface area contributed by atoms with Crippen LogP contribution in [0.4, 0.5) is 15.8 Å². The van der Waals surface area contributed by atoms with Crippen molar-refractivity contribution in [2.24, 2.45) is 0 Å². The number of carboxylic acids is 1. The van der Waals surface area contributed by atoms with Crippen molar-refractivity contribution in [3.05, 3.63) is 57.9 Å². The molecule has 0 atom stereocenters. The lowest BCUT2D eigenvalue weighted by Gasteiger charge is -2.16. The zero-order chi connectivity index (χ0) is 15.6. The van der Waals surface area contributed by atoms with Gasteiger partial charge in [-0.3, -0.25) is 0 Å². The number of para-hydroxylation sites is 1. The Hall–Kier alpha value is -2.07. The largest absolute Gasteiger partial charge is 0.478 e. The van der Waals surface area contributed by atoms with E-state index in [4.69, 9.17) is 11.6 Å². The average molecular weight is 308 g/mol. The van der Waals surface area contributed by atoms with E-state index >= 15 is 0 Å². The Morgan fingerprint density at radius 2 is 2.05 bits per heavy atom. The van der Waals surface area contributed by atoms with Crippen LogP contribution in [0.2, 0.25) is 5.02 Å². The highest BCUT2D eigenvalue weighted by Gasteiger charge is 2.16. The van der Waals surface area contributed by atoms with E-state index in [0.717, 1.165) is 17.5 Å². The molecule has 0 heterocycles. The number of hydrogen-bond acceptors (Lipinski definition) is 2. The molecule has 2 aromatic rings. The maximum absolute atomic E-state index is 13.9. The molecular formula is C16H15ClFNO2. The van der Waals surface area contributed by atoms with E-state index in [1.165, 1.54) is 12.1 Å². The van der Waals surface area contributed by atoms with E-state index in [2.05, 4.69) is 5.32 Å². The average Bonchev–Trinajstić information content (AvgIpc) is 2.43. The van der Waals surface area contributed by atoms with Crippen molar-refractivity contribution in [1.82, 2.24) is 0 Å². The molecule has 21 heavy (non-hydrogen) atoms. The van der Waals surface area contributed by atoms with Crippen LogP contribution in [-0.2, 0) is 6.42 Å². The Morgan fingerprint density at radius 3 is 2.62 bits per heavy atom. The number of rotatable bonds is 4. The number of halogens is 2. The normalized spacial score (nSPS) is 10.5. The Labute approximate surface area is 127 Å². The molecule has 0 amide bonds. The number of carbonyl (C=O) groups is 1. The molecule has 0 bridgehead atoms. The molecule has 3 nitrogen and oxygen atoms in total. The molecule has 2 rings (SSSR count). The molecule has 5 heteroatoms. The Kier molecular flexibility index (Phi) is 4.48. The van der Waals surface area contributed by atoms with Crippen LogP contribution in [0.3, 0.4) is 0 Å². The maximum atomic E-state index is 13.9. The fraction of sp³-hybridized carbons (Fsp3) is 0.188. The summed E-state index contributed by atoms with van der Waals surface area (Å²) in [6.07, 6.45) is 0.724. The van der Waals surface area contributed by atoms with Gasteiger partial charge in [0.2, 0.25) is 0 Å². The minimum atomic E-state index is -1.07. The molecule has 0 aliphatic rings. The highest BCUT2D eigenvalue weighted by molar-refractivity contribution is 6.33. The van der Waals surface area contributed by atoms with Crippen molar-refractivity contribution < 1.29 is 14.3 Å². The molecule has 0 unspecified atom stereocenters. The second kappa shape index (κ2) is 6.14. The second-order valence-electron chi connectivity index (χ2n) is 4.72. The van der Waals surface area contributed by atoms with Crippen molar-refractivity contribution in [3.8, 4) is 0 Å². The quantitative estimate of drug-likeness (QED) is 0.853. The number of aromatic carboxylic acids is 1. The van der Waals surface area contributed by atoms with Gasteiger partial charge in [0, 0.05) is 0 Å². The predicted octanol–water partition coefficient (Wildman–Crippen LogP) is 4.79. The first-order valence-electron chi connectivity index (χ1n) is 6.52. The van der Waals surface area contributed by atoms with Gasteiger partial charge in [-0.2, -0.15) is 0 Å². The number of carboxylic acid groups (broad SMARTS) is 1. The first-order chi connectivity index (χ1) is 9.93. The van der Waals surface area contributed by atoms with Crippen LogP contribution in [-0.4, -0.2) is 11.1 Å². The topological polar surface area (TPSA) is 49.3 Å². The van der Waals surface area contributed by atoms with Crippen molar-refractivity contribution >= 4 is 28.9 Å². The Bertz CT molecular complexity index is 681. The third-order valence-electron chi connectivity index (χ3n) is 3.25. The van der Waals surface area contributed by atoms with Crippen LogP contribution in [0, 0.1) is 12.7 Å². The molecule has 0 aromatic heterocycles. The van der Waals surface area contributed by atoms with Crippen molar-refractivity contribution in [2.75, 3.05) is 5.32 Å². The van der Waals surface area contributed by atoms with Crippen molar-refractivity contribution in [3.63, 3.8) is 0 Å². The molecule has 0 radical (unpaired) electrons. The van der Waals surface area contributed by atoms with Gasteiger partial charge < -0.3 is 10.4 Å². The third-order valence-corrected chi connectivity index (χ3v) is 3.56. The summed E-state index contributed by atoms with van der Waals surface area (Å²) in [4.78, 5) is 11.4. The van der Waals surface area contributed by atoms with Gasteiger partial charge in [0.25, 0.3) is 0 Å². The number of benzene rings is 2. The molecule has 0 saturated heterocycles. The van der Waals surface area contributed by atoms with E-state index in [1.54, 1.807) is 19.1 Å². The lowest BCUT2D eigenvalue weighted by atomic mass is 10.0. The fourth-order valence-corrected chi connectivity index (χ4v) is 2.35. The van der Waals surface area contributed by atoms with Gasteiger partial charge in [0.15, 0.2) is 0 Å². The van der Waals surface area contributed by atoms with Gasteiger partial charge in [-0.1, -0.05) is 30.7 Å². The molecule has 110 valence electrons. The Balaban J connectivity index is 2.56. The zero-order valence-corrected chi connectivity index (χ0v) is 12.5. The highest BCUT2D eigenvalue weighted by atomic mass is 35.5. The molecule has 0 aliphatic heterocycles. The molecule has 0 spiro atoms. The summed E-state index contributed by atoms with van der Waals surface area (Å²) >= 11 is 5.97. The van der Waals surface area contributed by atoms with Crippen LogP contribution in [0.15, 0.2) is 30.3 Å². The molecule has 2 aromatic carbocycles. The molecule has 0 fully saturated rings. The maximum Gasteiger partial charge on any atom is 0.337 e. The second-order valence-corrected chi connectivity index (χ2v) is 5.12. The SMILES string of the molecule is CCc1cc(C)c(Nc2c(F)cccc2Cl)c(C(=O)O)c1. The lowest BCUT2D eigenvalue weighted by molar-refractivity contribution is 0.0698. The summed E-state index contributed by atoms with van der Waals surface area (Å²) in [5, 5.41) is 12.4. The predicted molar refractivity (Wildman–Crippen MR) is 82.2 cm³/mol.